The van der Waals surface area contributed by atoms with Crippen LogP contribution in [0.25, 0.3) is 0 Å². The summed E-state index contributed by atoms with van der Waals surface area (Å²) >= 11 is 0. The lowest BCUT2D eigenvalue weighted by Crippen LogP contribution is -2.49. The van der Waals surface area contributed by atoms with E-state index in [2.05, 4.69) is 11.4 Å². The van der Waals surface area contributed by atoms with Gasteiger partial charge in [-0.25, -0.2) is 0 Å². The van der Waals surface area contributed by atoms with E-state index in [0.717, 1.165) is 13.1 Å². The first-order valence-corrected chi connectivity index (χ1v) is 5.35. The van der Waals surface area contributed by atoms with E-state index >= 15 is 0 Å². The summed E-state index contributed by atoms with van der Waals surface area (Å²) in [6.07, 6.45) is 2.13. The molecule has 1 rings (SSSR count). The van der Waals surface area contributed by atoms with Crippen molar-refractivity contribution in [2.24, 2.45) is 0 Å². The van der Waals surface area contributed by atoms with Crippen molar-refractivity contribution in [1.82, 2.24) is 5.32 Å². The molecule has 15 heavy (non-hydrogen) atoms. The monoisotopic (exact) mass is 210 g/mol. The van der Waals surface area contributed by atoms with Gasteiger partial charge in [-0.3, -0.25) is 0 Å². The van der Waals surface area contributed by atoms with Gasteiger partial charge in [0.15, 0.2) is 0 Å². The van der Waals surface area contributed by atoms with Crippen molar-refractivity contribution < 1.29 is 9.39 Å². The average Bonchev–Trinajstić information content (AvgIpc) is 2.67. The van der Waals surface area contributed by atoms with Gasteiger partial charge in [0, 0.05) is 20.2 Å². The van der Waals surface area contributed by atoms with Crippen LogP contribution >= 0.6 is 0 Å². The predicted molar refractivity (Wildman–Crippen MR) is 63.0 cm³/mol. The van der Waals surface area contributed by atoms with Crippen LogP contribution in [0.4, 0.5) is 0 Å². The van der Waals surface area contributed by atoms with Crippen molar-refractivity contribution in [1.29, 1.82) is 0 Å². The first-order chi connectivity index (χ1) is 6.89. The normalized spacial score (nSPS) is 17.8. The second kappa shape index (κ2) is 4.68. The number of methoxy groups -OCH3 is 1. The van der Waals surface area contributed by atoms with Gasteiger partial charge in [0.1, 0.15) is 0 Å². The third kappa shape index (κ3) is 3.07. The molecule has 4 heteroatoms. The third-order valence-electron chi connectivity index (χ3n) is 3.30. The van der Waals surface area contributed by atoms with Crippen molar-refractivity contribution in [3.05, 3.63) is 11.5 Å². The van der Waals surface area contributed by atoms with Crippen LogP contribution in [0.1, 0.15) is 27.7 Å². The molecule has 0 atom stereocenters. The zero-order chi connectivity index (χ0) is 11.5. The molecule has 0 saturated carbocycles. The zero-order valence-electron chi connectivity index (χ0n) is 10.4. The Morgan fingerprint density at radius 2 is 1.93 bits per heavy atom. The van der Waals surface area contributed by atoms with Crippen molar-refractivity contribution >= 4 is 7.48 Å². The lowest BCUT2D eigenvalue weighted by Gasteiger charge is -2.40. The van der Waals surface area contributed by atoms with Crippen molar-refractivity contribution in [2.75, 3.05) is 20.2 Å². The van der Waals surface area contributed by atoms with E-state index in [1.807, 2.05) is 35.2 Å². The summed E-state index contributed by atoms with van der Waals surface area (Å²) in [6, 6.07) is 0. The predicted octanol–water partition coefficient (Wildman–Crippen LogP) is 1.31. The average molecular weight is 210 g/mol. The standard InChI is InChI=1S/C11H21BNO2/c1-10(2,14-5)11(3,4)15-12-9-6-7-13-8-9/h6,13H,7-8H2,1-5H3. The molecule has 0 unspecified atom stereocenters. The quantitative estimate of drug-likeness (QED) is 0.694. The molecule has 1 aliphatic heterocycles. The second-order valence-electron chi connectivity index (χ2n) is 4.87. The Hall–Kier alpha value is -0.315. The van der Waals surface area contributed by atoms with Crippen LogP contribution in [0.3, 0.4) is 0 Å². The van der Waals surface area contributed by atoms with Crippen LogP contribution in [-0.2, 0) is 9.39 Å². The van der Waals surface area contributed by atoms with Crippen LogP contribution in [0.15, 0.2) is 11.5 Å². The SMILES string of the molecule is COC(C)(C)C(C)(C)O[B]C1=CCNC1. The highest BCUT2D eigenvalue weighted by Crippen LogP contribution is 2.28. The number of rotatable bonds is 5. The van der Waals surface area contributed by atoms with Crippen LogP contribution in [0, 0.1) is 0 Å². The van der Waals surface area contributed by atoms with E-state index in [-0.39, 0.29) is 11.2 Å². The smallest absolute Gasteiger partial charge is 0.327 e. The fourth-order valence-electron chi connectivity index (χ4n) is 1.19. The number of hydrogen-bond donors (Lipinski definition) is 1. The van der Waals surface area contributed by atoms with E-state index in [1.165, 1.54) is 5.47 Å². The first kappa shape index (κ1) is 12.8. The maximum Gasteiger partial charge on any atom is 0.327 e. The maximum atomic E-state index is 5.81. The summed E-state index contributed by atoms with van der Waals surface area (Å²) in [7, 11) is 3.54. The highest BCUT2D eigenvalue weighted by molar-refractivity contribution is 6.38. The van der Waals surface area contributed by atoms with Crippen LogP contribution in [0.5, 0.6) is 0 Å². The van der Waals surface area contributed by atoms with Gasteiger partial charge in [-0.05, 0) is 27.7 Å². The Morgan fingerprint density at radius 1 is 1.27 bits per heavy atom. The minimum absolute atomic E-state index is 0.309. The van der Waals surface area contributed by atoms with E-state index in [9.17, 15) is 0 Å². The molecule has 0 fully saturated rings. The highest BCUT2D eigenvalue weighted by Gasteiger charge is 2.38. The Bertz CT molecular complexity index is 249. The molecule has 85 valence electrons. The lowest BCUT2D eigenvalue weighted by molar-refractivity contribution is -0.114. The fourth-order valence-corrected chi connectivity index (χ4v) is 1.19. The summed E-state index contributed by atoms with van der Waals surface area (Å²) in [4.78, 5) is 0. The molecule has 0 spiro atoms. The molecule has 0 aromatic rings. The highest BCUT2D eigenvalue weighted by atomic mass is 16.5. The summed E-state index contributed by atoms with van der Waals surface area (Å²) < 4.78 is 11.2. The molecule has 0 aliphatic carbocycles. The van der Waals surface area contributed by atoms with E-state index in [1.54, 1.807) is 7.11 Å². The van der Waals surface area contributed by atoms with Crippen LogP contribution in [-0.4, -0.2) is 38.9 Å². The van der Waals surface area contributed by atoms with Gasteiger partial charge < -0.3 is 14.7 Å². The Balaban J connectivity index is 2.48. The Labute approximate surface area is 93.5 Å². The van der Waals surface area contributed by atoms with Gasteiger partial charge in [-0.15, -0.1) is 0 Å². The molecule has 3 nitrogen and oxygen atoms in total. The molecular formula is C11H21BNO2. The molecule has 0 bridgehead atoms. The molecule has 0 saturated heterocycles. The molecular weight excluding hydrogens is 189 g/mol. The summed E-state index contributed by atoms with van der Waals surface area (Å²) in [5.74, 6) is 0. The third-order valence-corrected chi connectivity index (χ3v) is 3.30. The summed E-state index contributed by atoms with van der Waals surface area (Å²) in [5, 5.41) is 3.23. The van der Waals surface area contributed by atoms with Crippen molar-refractivity contribution in [3.8, 4) is 0 Å². The molecule has 1 heterocycles. The minimum atomic E-state index is -0.342. The molecule has 0 amide bonds. The van der Waals surface area contributed by atoms with E-state index < -0.39 is 0 Å². The molecule has 1 aliphatic rings. The lowest BCUT2D eigenvalue weighted by atomic mass is 9.82. The molecule has 0 aromatic carbocycles. The van der Waals surface area contributed by atoms with Gasteiger partial charge in [0.05, 0.1) is 11.2 Å². The first-order valence-electron chi connectivity index (χ1n) is 5.35. The van der Waals surface area contributed by atoms with Gasteiger partial charge in [0.2, 0.25) is 0 Å². The molecule has 1 N–H and O–H groups in total. The van der Waals surface area contributed by atoms with Gasteiger partial charge >= 0.3 is 7.48 Å². The van der Waals surface area contributed by atoms with E-state index in [0.29, 0.717) is 0 Å². The maximum absolute atomic E-state index is 5.81. The summed E-state index contributed by atoms with van der Waals surface area (Å²) in [6.45, 7) is 9.96. The minimum Gasteiger partial charge on any atom is -0.427 e. The van der Waals surface area contributed by atoms with Gasteiger partial charge in [0.25, 0.3) is 0 Å². The number of ether oxygens (including phenoxy) is 1. The largest absolute Gasteiger partial charge is 0.427 e. The summed E-state index contributed by atoms with van der Waals surface area (Å²) in [5.41, 5.74) is 0.552. The van der Waals surface area contributed by atoms with Crippen molar-refractivity contribution in [3.63, 3.8) is 0 Å². The van der Waals surface area contributed by atoms with Crippen LogP contribution in [0.2, 0.25) is 0 Å². The Kier molecular flexibility index (Phi) is 3.98. The number of hydrogen-bond acceptors (Lipinski definition) is 3. The van der Waals surface area contributed by atoms with Crippen LogP contribution < -0.4 is 5.32 Å². The fraction of sp³-hybridized carbons (Fsp3) is 0.818. The van der Waals surface area contributed by atoms with Crippen molar-refractivity contribution in [2.45, 2.75) is 38.9 Å². The molecule has 1 radical (unpaired) electrons. The Morgan fingerprint density at radius 3 is 2.40 bits per heavy atom. The van der Waals surface area contributed by atoms with Gasteiger partial charge in [-0.2, -0.15) is 0 Å². The second-order valence-corrected chi connectivity index (χ2v) is 4.87. The molecule has 0 aromatic heterocycles. The number of nitrogens with one attached hydrogen (secondary N) is 1. The van der Waals surface area contributed by atoms with E-state index in [4.69, 9.17) is 9.39 Å². The van der Waals surface area contributed by atoms with Gasteiger partial charge in [-0.1, -0.05) is 11.5 Å². The topological polar surface area (TPSA) is 30.5 Å². The zero-order valence-corrected chi connectivity index (χ0v) is 10.4.